The third-order valence-electron chi connectivity index (χ3n) is 4.09. The molecule has 5 nitrogen and oxygen atoms in total. The van der Waals surface area contributed by atoms with E-state index in [1.165, 1.54) is 0 Å². The van der Waals surface area contributed by atoms with E-state index in [1.54, 1.807) is 23.1 Å². The van der Waals surface area contributed by atoms with Crippen LogP contribution >= 0.6 is 0 Å². The first-order chi connectivity index (χ1) is 10.2. The molecule has 0 bridgehead atoms. The summed E-state index contributed by atoms with van der Waals surface area (Å²) in [6.45, 7) is 3.77. The number of carbonyl (C=O) groups excluding carboxylic acids is 2. The first-order valence-corrected chi connectivity index (χ1v) is 7.55. The van der Waals surface area contributed by atoms with Gasteiger partial charge in [-0.3, -0.25) is 9.59 Å². The number of fused-ring (bicyclic) bond motifs is 1. The zero-order chi connectivity index (χ0) is 14.8. The van der Waals surface area contributed by atoms with Crippen molar-refractivity contribution in [1.82, 2.24) is 5.32 Å². The van der Waals surface area contributed by atoms with Gasteiger partial charge in [-0.1, -0.05) is 6.92 Å². The van der Waals surface area contributed by atoms with Gasteiger partial charge in [0.05, 0.1) is 18.3 Å². The quantitative estimate of drug-likeness (QED) is 0.861. The molecule has 0 radical (unpaired) electrons. The Morgan fingerprint density at radius 1 is 1.43 bits per heavy atom. The van der Waals surface area contributed by atoms with Gasteiger partial charge in [0.2, 0.25) is 5.91 Å². The van der Waals surface area contributed by atoms with Crippen molar-refractivity contribution in [2.75, 3.05) is 24.6 Å². The van der Waals surface area contributed by atoms with Gasteiger partial charge in [-0.15, -0.1) is 0 Å². The monoisotopic (exact) mass is 288 g/mol. The third kappa shape index (κ3) is 2.65. The Balaban J connectivity index is 1.91. The Morgan fingerprint density at radius 2 is 2.29 bits per heavy atom. The number of hydrogen-bond acceptors (Lipinski definition) is 4. The largest absolute Gasteiger partial charge is 0.490 e. The zero-order valence-electron chi connectivity index (χ0n) is 12.2. The molecule has 1 aromatic rings. The number of amides is 1. The van der Waals surface area contributed by atoms with Crippen molar-refractivity contribution in [3.05, 3.63) is 23.8 Å². The Labute approximate surface area is 124 Å². The predicted octanol–water partition coefficient (Wildman–Crippen LogP) is 1.76. The lowest BCUT2D eigenvalue weighted by Gasteiger charge is -2.29. The van der Waals surface area contributed by atoms with Crippen molar-refractivity contribution in [1.29, 1.82) is 0 Å². The van der Waals surface area contributed by atoms with Crippen LogP contribution in [0.5, 0.6) is 5.75 Å². The van der Waals surface area contributed by atoms with Gasteiger partial charge in [0.1, 0.15) is 12.4 Å². The molecular weight excluding hydrogens is 268 g/mol. The van der Waals surface area contributed by atoms with Crippen molar-refractivity contribution < 1.29 is 14.3 Å². The summed E-state index contributed by atoms with van der Waals surface area (Å²) >= 11 is 0. The van der Waals surface area contributed by atoms with Gasteiger partial charge in [0.25, 0.3) is 0 Å². The lowest BCUT2D eigenvalue weighted by Crippen LogP contribution is -2.38. The van der Waals surface area contributed by atoms with Gasteiger partial charge in [0.15, 0.2) is 5.78 Å². The highest BCUT2D eigenvalue weighted by Gasteiger charge is 2.27. The molecule has 0 aliphatic carbocycles. The molecule has 5 heteroatoms. The van der Waals surface area contributed by atoms with Crippen LogP contribution in [-0.2, 0) is 4.79 Å². The summed E-state index contributed by atoms with van der Waals surface area (Å²) in [7, 11) is 0. The number of nitrogens with one attached hydrogen (secondary N) is 1. The second kappa shape index (κ2) is 5.85. The smallest absolute Gasteiger partial charge is 0.226 e. The number of carbonyl (C=O) groups is 2. The summed E-state index contributed by atoms with van der Waals surface area (Å²) in [4.78, 5) is 26.2. The highest BCUT2D eigenvalue weighted by Crippen LogP contribution is 2.33. The molecule has 2 aliphatic heterocycles. The molecule has 0 saturated carbocycles. The number of benzene rings is 1. The first-order valence-electron chi connectivity index (χ1n) is 7.55. The van der Waals surface area contributed by atoms with E-state index in [0.717, 1.165) is 25.1 Å². The van der Waals surface area contributed by atoms with E-state index in [0.29, 0.717) is 30.9 Å². The molecule has 2 heterocycles. The average Bonchev–Trinajstić information content (AvgIpc) is 3.06. The molecule has 1 amide bonds. The van der Waals surface area contributed by atoms with Gasteiger partial charge in [-0.2, -0.15) is 0 Å². The van der Waals surface area contributed by atoms with Crippen LogP contribution in [0.2, 0.25) is 0 Å². The van der Waals surface area contributed by atoms with E-state index in [1.807, 2.05) is 6.92 Å². The minimum Gasteiger partial charge on any atom is -0.490 e. The highest BCUT2D eigenvalue weighted by molar-refractivity contribution is 6.03. The Kier molecular flexibility index (Phi) is 3.92. The van der Waals surface area contributed by atoms with Crippen LogP contribution in [0.3, 0.4) is 0 Å². The van der Waals surface area contributed by atoms with Crippen molar-refractivity contribution in [2.24, 2.45) is 0 Å². The maximum absolute atomic E-state index is 12.5. The second-order valence-corrected chi connectivity index (χ2v) is 5.44. The van der Waals surface area contributed by atoms with E-state index in [-0.39, 0.29) is 17.7 Å². The molecule has 3 rings (SSSR count). The van der Waals surface area contributed by atoms with E-state index in [4.69, 9.17) is 4.74 Å². The highest BCUT2D eigenvalue weighted by atomic mass is 16.5. The van der Waals surface area contributed by atoms with Gasteiger partial charge in [-0.25, -0.2) is 0 Å². The molecule has 2 aliphatic rings. The Morgan fingerprint density at radius 3 is 3.00 bits per heavy atom. The van der Waals surface area contributed by atoms with E-state index in [9.17, 15) is 9.59 Å². The first kappa shape index (κ1) is 14.1. The van der Waals surface area contributed by atoms with Crippen molar-refractivity contribution in [2.45, 2.75) is 32.2 Å². The lowest BCUT2D eigenvalue weighted by molar-refractivity contribution is -0.118. The molecule has 112 valence electrons. The van der Waals surface area contributed by atoms with Crippen LogP contribution in [0, 0.1) is 0 Å². The van der Waals surface area contributed by atoms with Crippen molar-refractivity contribution in [3.8, 4) is 5.75 Å². The van der Waals surface area contributed by atoms with Gasteiger partial charge in [0, 0.05) is 12.0 Å². The Hall–Kier alpha value is -1.88. The summed E-state index contributed by atoms with van der Waals surface area (Å²) < 4.78 is 5.59. The summed E-state index contributed by atoms with van der Waals surface area (Å²) in [6.07, 6.45) is 2.36. The fourth-order valence-corrected chi connectivity index (χ4v) is 2.93. The minimum atomic E-state index is -0.0946. The van der Waals surface area contributed by atoms with Crippen LogP contribution < -0.4 is 15.0 Å². The van der Waals surface area contributed by atoms with Gasteiger partial charge < -0.3 is 15.0 Å². The molecule has 1 fully saturated rings. The zero-order valence-corrected chi connectivity index (χ0v) is 12.2. The maximum atomic E-state index is 12.5. The fourth-order valence-electron chi connectivity index (χ4n) is 2.93. The van der Waals surface area contributed by atoms with Crippen molar-refractivity contribution >= 4 is 17.4 Å². The van der Waals surface area contributed by atoms with E-state index < -0.39 is 0 Å². The molecule has 1 aromatic carbocycles. The van der Waals surface area contributed by atoms with Crippen molar-refractivity contribution in [3.63, 3.8) is 0 Å². The van der Waals surface area contributed by atoms with Crippen LogP contribution in [0.15, 0.2) is 18.2 Å². The topological polar surface area (TPSA) is 58.6 Å². The minimum absolute atomic E-state index is 0.0585. The number of ether oxygens (including phenoxy) is 1. The molecule has 1 N–H and O–H groups in total. The lowest BCUT2D eigenvalue weighted by atomic mass is 10.0. The normalized spacial score (nSPS) is 20.8. The Bertz CT molecular complexity index is 565. The van der Waals surface area contributed by atoms with Crippen LogP contribution in [0.4, 0.5) is 5.69 Å². The number of ketones is 1. The molecular formula is C16H20N2O3. The van der Waals surface area contributed by atoms with E-state index in [2.05, 4.69) is 5.32 Å². The number of anilines is 1. The molecule has 21 heavy (non-hydrogen) atoms. The number of hydrogen-bond donors (Lipinski definition) is 1. The van der Waals surface area contributed by atoms with Crippen LogP contribution in [0.25, 0.3) is 0 Å². The van der Waals surface area contributed by atoms with Gasteiger partial charge in [-0.05, 0) is 37.6 Å². The third-order valence-corrected chi connectivity index (χ3v) is 4.09. The predicted molar refractivity (Wildman–Crippen MR) is 79.9 cm³/mol. The van der Waals surface area contributed by atoms with Gasteiger partial charge >= 0.3 is 0 Å². The summed E-state index contributed by atoms with van der Waals surface area (Å²) in [5.74, 6) is 0.840. The number of Topliss-reactive ketones (excluding diaryl/α,β-unsaturated/α-hetero) is 1. The van der Waals surface area contributed by atoms with Crippen LogP contribution in [-0.4, -0.2) is 37.4 Å². The summed E-state index contributed by atoms with van der Waals surface area (Å²) in [5, 5.41) is 3.22. The average molecular weight is 288 g/mol. The second-order valence-electron chi connectivity index (χ2n) is 5.44. The maximum Gasteiger partial charge on any atom is 0.226 e. The number of nitrogens with zero attached hydrogens (tertiary/aromatic N) is 1. The van der Waals surface area contributed by atoms with Crippen LogP contribution in [0.1, 0.15) is 36.5 Å². The molecule has 1 atom stereocenters. The standard InChI is InChI=1S/C16H20N2O3/c1-2-15(19)18-8-9-21-14-6-5-11(10-13(14)18)16(20)12-4-3-7-17-12/h5-6,10,12,17H,2-4,7-9H2,1H3. The molecule has 1 unspecified atom stereocenters. The van der Waals surface area contributed by atoms with E-state index >= 15 is 0 Å². The number of rotatable bonds is 3. The fraction of sp³-hybridized carbons (Fsp3) is 0.500. The molecule has 0 aromatic heterocycles. The molecule has 0 spiro atoms. The summed E-state index contributed by atoms with van der Waals surface area (Å²) in [6, 6.07) is 5.29. The summed E-state index contributed by atoms with van der Waals surface area (Å²) in [5.41, 5.74) is 1.37. The molecule has 1 saturated heterocycles. The SMILES string of the molecule is CCC(=O)N1CCOc2ccc(C(=O)C3CCCN3)cc21.